The molecular formula is C16H10ClN3O5. The lowest BCUT2D eigenvalue weighted by Gasteiger charge is -2.09. The van der Waals surface area contributed by atoms with Gasteiger partial charge >= 0.3 is 0 Å². The van der Waals surface area contributed by atoms with Crippen molar-refractivity contribution in [3.05, 3.63) is 62.7 Å². The maximum absolute atomic E-state index is 11.9. The summed E-state index contributed by atoms with van der Waals surface area (Å²) in [5.74, 6) is -0.482. The second kappa shape index (κ2) is 7.90. The molecule has 2 aromatic rings. The van der Waals surface area contributed by atoms with Gasteiger partial charge in [-0.25, -0.2) is 0 Å². The van der Waals surface area contributed by atoms with Gasteiger partial charge in [0.25, 0.3) is 11.6 Å². The van der Waals surface area contributed by atoms with Gasteiger partial charge in [-0.3, -0.25) is 19.7 Å². The SMILES string of the molecule is N#Cc1ccc(NC(=O)COc2ccc([N+](=O)[O-])cc2C=O)cc1Cl. The van der Waals surface area contributed by atoms with Crippen LogP contribution >= 0.6 is 11.6 Å². The average molecular weight is 360 g/mol. The fourth-order valence-electron chi connectivity index (χ4n) is 1.90. The number of non-ortho nitro benzene ring substituents is 1. The fourth-order valence-corrected chi connectivity index (χ4v) is 2.12. The number of nitrogens with zero attached hydrogens (tertiary/aromatic N) is 2. The summed E-state index contributed by atoms with van der Waals surface area (Å²) in [6.07, 6.45) is 0.403. The summed E-state index contributed by atoms with van der Waals surface area (Å²) in [7, 11) is 0. The van der Waals surface area contributed by atoms with Crippen molar-refractivity contribution in [2.75, 3.05) is 11.9 Å². The van der Waals surface area contributed by atoms with Crippen LogP contribution in [0.15, 0.2) is 36.4 Å². The molecule has 9 heteroatoms. The Bertz CT molecular complexity index is 892. The van der Waals surface area contributed by atoms with Gasteiger partial charge in [-0.2, -0.15) is 5.26 Å². The number of nitro benzene ring substituents is 1. The maximum Gasteiger partial charge on any atom is 0.270 e. The molecule has 2 rings (SSSR count). The summed E-state index contributed by atoms with van der Waals surface area (Å²) in [6, 6.07) is 9.74. The van der Waals surface area contributed by atoms with E-state index in [0.717, 1.165) is 6.07 Å². The Morgan fingerprint density at radius 2 is 2.12 bits per heavy atom. The minimum atomic E-state index is -0.641. The molecule has 0 spiro atoms. The highest BCUT2D eigenvalue weighted by Crippen LogP contribution is 2.23. The third-order valence-corrected chi connectivity index (χ3v) is 3.38. The van der Waals surface area contributed by atoms with Gasteiger partial charge in [-0.05, 0) is 24.3 Å². The molecule has 0 atom stereocenters. The molecule has 2 aromatic carbocycles. The summed E-state index contributed by atoms with van der Waals surface area (Å²) in [5.41, 5.74) is 0.351. The van der Waals surface area contributed by atoms with E-state index >= 15 is 0 Å². The maximum atomic E-state index is 11.9. The summed E-state index contributed by atoms with van der Waals surface area (Å²) in [6.45, 7) is -0.420. The molecule has 25 heavy (non-hydrogen) atoms. The van der Waals surface area contributed by atoms with Crippen LogP contribution < -0.4 is 10.1 Å². The molecule has 0 aromatic heterocycles. The molecule has 0 bridgehead atoms. The van der Waals surface area contributed by atoms with Crippen molar-refractivity contribution in [2.24, 2.45) is 0 Å². The smallest absolute Gasteiger partial charge is 0.270 e. The first-order valence-corrected chi connectivity index (χ1v) is 7.18. The lowest BCUT2D eigenvalue weighted by Crippen LogP contribution is -2.20. The molecular weight excluding hydrogens is 350 g/mol. The van der Waals surface area contributed by atoms with Crippen LogP contribution in [0.3, 0.4) is 0 Å². The van der Waals surface area contributed by atoms with E-state index in [1.54, 1.807) is 0 Å². The predicted molar refractivity (Wildman–Crippen MR) is 88.8 cm³/mol. The zero-order valence-corrected chi connectivity index (χ0v) is 13.3. The van der Waals surface area contributed by atoms with E-state index < -0.39 is 17.4 Å². The standard InChI is InChI=1S/C16H10ClN3O5/c17-14-6-12(2-1-10(14)7-18)19-16(22)9-25-15-4-3-13(20(23)24)5-11(15)8-21/h1-6,8H,9H2,(H,19,22). The average Bonchev–Trinajstić information content (AvgIpc) is 2.59. The number of rotatable bonds is 6. The topological polar surface area (TPSA) is 122 Å². The number of nitriles is 1. The van der Waals surface area contributed by atoms with Crippen LogP contribution in [0.2, 0.25) is 5.02 Å². The second-order valence-electron chi connectivity index (χ2n) is 4.74. The first kappa shape index (κ1) is 17.9. The third-order valence-electron chi connectivity index (χ3n) is 3.06. The Kier molecular flexibility index (Phi) is 5.66. The molecule has 8 nitrogen and oxygen atoms in total. The predicted octanol–water partition coefficient (Wildman–Crippen LogP) is 2.95. The van der Waals surface area contributed by atoms with Crippen LogP contribution in [0, 0.1) is 21.4 Å². The number of carbonyl (C=O) groups excluding carboxylic acids is 2. The van der Waals surface area contributed by atoms with Crippen molar-refractivity contribution < 1.29 is 19.2 Å². The zero-order valence-electron chi connectivity index (χ0n) is 12.6. The largest absolute Gasteiger partial charge is 0.483 e. The number of nitro groups is 1. The highest BCUT2D eigenvalue weighted by atomic mass is 35.5. The van der Waals surface area contributed by atoms with E-state index in [-0.39, 0.29) is 27.6 Å². The molecule has 1 N–H and O–H groups in total. The van der Waals surface area contributed by atoms with Crippen LogP contribution in [0.25, 0.3) is 0 Å². The van der Waals surface area contributed by atoms with Gasteiger partial charge < -0.3 is 10.1 Å². The van der Waals surface area contributed by atoms with Crippen LogP contribution in [0.1, 0.15) is 15.9 Å². The van der Waals surface area contributed by atoms with E-state index in [4.69, 9.17) is 21.6 Å². The van der Waals surface area contributed by atoms with Gasteiger partial charge in [0.1, 0.15) is 11.8 Å². The van der Waals surface area contributed by atoms with Crippen molar-refractivity contribution in [1.29, 1.82) is 5.26 Å². The van der Waals surface area contributed by atoms with E-state index in [1.165, 1.54) is 30.3 Å². The molecule has 0 radical (unpaired) electrons. The summed E-state index contributed by atoms with van der Waals surface area (Å²) >= 11 is 5.87. The quantitative estimate of drug-likeness (QED) is 0.480. The molecule has 0 fully saturated rings. The molecule has 0 unspecified atom stereocenters. The Morgan fingerprint density at radius 1 is 1.36 bits per heavy atom. The molecule has 0 heterocycles. The lowest BCUT2D eigenvalue weighted by atomic mass is 10.2. The third kappa shape index (κ3) is 4.53. The summed E-state index contributed by atoms with van der Waals surface area (Å²) in [5, 5.41) is 22.2. The second-order valence-corrected chi connectivity index (χ2v) is 5.15. The van der Waals surface area contributed by atoms with Crippen molar-refractivity contribution >= 4 is 35.2 Å². The highest BCUT2D eigenvalue weighted by Gasteiger charge is 2.13. The van der Waals surface area contributed by atoms with Crippen molar-refractivity contribution in [3.8, 4) is 11.8 Å². The van der Waals surface area contributed by atoms with Crippen LogP contribution in [-0.4, -0.2) is 23.7 Å². The van der Waals surface area contributed by atoms with Gasteiger partial charge in [0.05, 0.1) is 21.1 Å². The lowest BCUT2D eigenvalue weighted by molar-refractivity contribution is -0.384. The Balaban J connectivity index is 2.03. The summed E-state index contributed by atoms with van der Waals surface area (Å²) in [4.78, 5) is 32.9. The number of aldehydes is 1. The van der Waals surface area contributed by atoms with E-state index in [0.29, 0.717) is 12.0 Å². The number of ether oxygens (including phenoxy) is 1. The Morgan fingerprint density at radius 3 is 2.72 bits per heavy atom. The molecule has 1 amide bonds. The van der Waals surface area contributed by atoms with Gasteiger partial charge in [-0.15, -0.1) is 0 Å². The number of amides is 1. The van der Waals surface area contributed by atoms with Crippen LogP contribution in [0.4, 0.5) is 11.4 Å². The van der Waals surface area contributed by atoms with Gasteiger partial charge in [0.2, 0.25) is 0 Å². The normalized spacial score (nSPS) is 9.76. The zero-order chi connectivity index (χ0) is 18.4. The number of benzene rings is 2. The van der Waals surface area contributed by atoms with Gasteiger partial charge in [-0.1, -0.05) is 11.6 Å². The Labute approximate surface area is 146 Å². The van der Waals surface area contributed by atoms with Crippen molar-refractivity contribution in [3.63, 3.8) is 0 Å². The number of hydrogen-bond donors (Lipinski definition) is 1. The van der Waals surface area contributed by atoms with Crippen molar-refractivity contribution in [1.82, 2.24) is 0 Å². The number of halogens is 1. The van der Waals surface area contributed by atoms with Crippen LogP contribution in [-0.2, 0) is 4.79 Å². The van der Waals surface area contributed by atoms with E-state index in [9.17, 15) is 19.7 Å². The van der Waals surface area contributed by atoms with E-state index in [1.807, 2.05) is 6.07 Å². The van der Waals surface area contributed by atoms with Gasteiger partial charge in [0, 0.05) is 17.8 Å². The number of nitrogens with one attached hydrogen (secondary N) is 1. The number of anilines is 1. The molecule has 0 saturated carbocycles. The van der Waals surface area contributed by atoms with Crippen LogP contribution in [0.5, 0.6) is 5.75 Å². The monoisotopic (exact) mass is 359 g/mol. The molecule has 0 saturated heterocycles. The minimum Gasteiger partial charge on any atom is -0.483 e. The van der Waals surface area contributed by atoms with E-state index in [2.05, 4.69) is 5.32 Å². The first-order valence-electron chi connectivity index (χ1n) is 6.80. The van der Waals surface area contributed by atoms with Crippen molar-refractivity contribution in [2.45, 2.75) is 0 Å². The first-order chi connectivity index (χ1) is 11.9. The van der Waals surface area contributed by atoms with Gasteiger partial charge in [0.15, 0.2) is 12.9 Å². The number of hydrogen-bond acceptors (Lipinski definition) is 6. The molecule has 0 aliphatic carbocycles. The molecule has 126 valence electrons. The Hall–Kier alpha value is -3.44. The molecule has 0 aliphatic rings. The summed E-state index contributed by atoms with van der Waals surface area (Å²) < 4.78 is 5.22. The number of carbonyl (C=O) groups is 2. The fraction of sp³-hybridized carbons (Fsp3) is 0.0625. The highest BCUT2D eigenvalue weighted by molar-refractivity contribution is 6.32. The molecule has 0 aliphatic heterocycles. The minimum absolute atomic E-state index is 0.0385.